The number of carbonyl (C=O) groups excluding carboxylic acids is 3. The Morgan fingerprint density at radius 3 is 2.29 bits per heavy atom. The fraction of sp³-hybridized carbons (Fsp3) is 0.531. The fourth-order valence-electron chi connectivity index (χ4n) is 5.85. The molecule has 0 bridgehead atoms. The van der Waals surface area contributed by atoms with Crippen LogP contribution >= 0.6 is 23.4 Å². The number of aryl methyl sites for hydroxylation is 1. The number of amides is 3. The van der Waals surface area contributed by atoms with Gasteiger partial charge in [0, 0.05) is 48.1 Å². The zero-order valence-electron chi connectivity index (χ0n) is 24.3. The number of benzene rings is 2. The van der Waals surface area contributed by atoms with E-state index in [1.54, 1.807) is 6.92 Å². The average molecular weight is 599 g/mol. The molecule has 41 heavy (non-hydrogen) atoms. The van der Waals surface area contributed by atoms with E-state index in [1.165, 1.54) is 30.2 Å². The highest BCUT2D eigenvalue weighted by atomic mass is 35.5. The molecule has 0 radical (unpaired) electrons. The van der Waals surface area contributed by atoms with E-state index in [0.29, 0.717) is 49.2 Å². The maximum Gasteiger partial charge on any atom is 0.230 e. The lowest BCUT2D eigenvalue weighted by Crippen LogP contribution is -2.45. The SMILES string of the molecule is CC(=O)N1CCC(C(=O)N(CCCN2CCC(Cc3ccc(SCC(N)=O)cc3)CC2)c2ccc(C)c(Cl)c2)CC1. The van der Waals surface area contributed by atoms with E-state index in [0.717, 1.165) is 48.6 Å². The molecule has 2 aromatic carbocycles. The van der Waals surface area contributed by atoms with Crippen molar-refractivity contribution in [2.24, 2.45) is 17.6 Å². The zero-order chi connectivity index (χ0) is 29.4. The number of nitrogens with zero attached hydrogens (tertiary/aromatic N) is 3. The Bertz CT molecular complexity index is 1190. The summed E-state index contributed by atoms with van der Waals surface area (Å²) in [6, 6.07) is 14.4. The number of hydrogen-bond donors (Lipinski definition) is 1. The van der Waals surface area contributed by atoms with Crippen LogP contribution in [0.1, 0.15) is 50.2 Å². The summed E-state index contributed by atoms with van der Waals surface area (Å²) in [6.07, 6.45) is 5.73. The number of nitrogens with two attached hydrogens (primary N) is 1. The van der Waals surface area contributed by atoms with Crippen LogP contribution in [0.2, 0.25) is 5.02 Å². The quantitative estimate of drug-likeness (QED) is 0.361. The van der Waals surface area contributed by atoms with Crippen molar-refractivity contribution in [1.29, 1.82) is 0 Å². The third-order valence-corrected chi connectivity index (χ3v) is 9.86. The first-order chi connectivity index (χ1) is 19.7. The fourth-order valence-corrected chi connectivity index (χ4v) is 6.67. The van der Waals surface area contributed by atoms with Crippen molar-refractivity contribution < 1.29 is 14.4 Å². The number of piperidine rings is 2. The number of carbonyl (C=O) groups is 3. The monoisotopic (exact) mass is 598 g/mol. The maximum atomic E-state index is 13.7. The van der Waals surface area contributed by atoms with Crippen molar-refractivity contribution in [2.75, 3.05) is 49.9 Å². The number of rotatable bonds is 11. The van der Waals surface area contributed by atoms with Gasteiger partial charge in [0.15, 0.2) is 0 Å². The summed E-state index contributed by atoms with van der Waals surface area (Å²) in [7, 11) is 0. The van der Waals surface area contributed by atoms with E-state index < -0.39 is 0 Å². The molecule has 3 amide bonds. The summed E-state index contributed by atoms with van der Waals surface area (Å²) in [6.45, 7) is 8.62. The van der Waals surface area contributed by atoms with E-state index in [1.807, 2.05) is 34.9 Å². The molecule has 0 atom stereocenters. The molecule has 0 aliphatic carbocycles. The van der Waals surface area contributed by atoms with Crippen molar-refractivity contribution in [3.05, 3.63) is 58.6 Å². The molecule has 2 aliphatic heterocycles. The van der Waals surface area contributed by atoms with Crippen LogP contribution in [0.25, 0.3) is 0 Å². The predicted molar refractivity (Wildman–Crippen MR) is 167 cm³/mol. The summed E-state index contributed by atoms with van der Waals surface area (Å²) in [4.78, 5) is 43.8. The average Bonchev–Trinajstić information content (AvgIpc) is 2.97. The smallest absolute Gasteiger partial charge is 0.230 e. The van der Waals surface area contributed by atoms with Gasteiger partial charge in [0.25, 0.3) is 0 Å². The molecule has 0 spiro atoms. The lowest BCUT2D eigenvalue weighted by atomic mass is 9.90. The molecule has 222 valence electrons. The normalized spacial score (nSPS) is 17.0. The van der Waals surface area contributed by atoms with Gasteiger partial charge in [0.2, 0.25) is 17.7 Å². The lowest BCUT2D eigenvalue weighted by molar-refractivity contribution is -0.133. The summed E-state index contributed by atoms with van der Waals surface area (Å²) < 4.78 is 0. The largest absolute Gasteiger partial charge is 0.369 e. The van der Waals surface area contributed by atoms with Gasteiger partial charge >= 0.3 is 0 Å². The molecule has 0 aromatic heterocycles. The summed E-state index contributed by atoms with van der Waals surface area (Å²) in [5.41, 5.74) is 8.44. The second-order valence-corrected chi connectivity index (χ2v) is 12.9. The molecule has 7 nitrogen and oxygen atoms in total. The first-order valence-corrected chi connectivity index (χ1v) is 16.1. The van der Waals surface area contributed by atoms with E-state index >= 15 is 0 Å². The third kappa shape index (κ3) is 9.22. The first-order valence-electron chi connectivity index (χ1n) is 14.7. The highest BCUT2D eigenvalue weighted by molar-refractivity contribution is 8.00. The number of hydrogen-bond acceptors (Lipinski definition) is 5. The van der Waals surface area contributed by atoms with Crippen molar-refractivity contribution in [2.45, 2.75) is 57.3 Å². The molecular formula is C32H43ClN4O3S. The van der Waals surface area contributed by atoms with Gasteiger partial charge in [-0.15, -0.1) is 11.8 Å². The zero-order valence-corrected chi connectivity index (χ0v) is 25.9. The molecule has 2 aromatic rings. The van der Waals surface area contributed by atoms with Crippen molar-refractivity contribution >= 4 is 46.8 Å². The van der Waals surface area contributed by atoms with Crippen LogP contribution in [0.4, 0.5) is 5.69 Å². The van der Waals surface area contributed by atoms with Crippen LogP contribution < -0.4 is 10.6 Å². The molecule has 9 heteroatoms. The predicted octanol–water partition coefficient (Wildman–Crippen LogP) is 5.16. The molecule has 4 rings (SSSR count). The molecule has 2 heterocycles. The van der Waals surface area contributed by atoms with Gasteiger partial charge in [-0.2, -0.15) is 0 Å². The van der Waals surface area contributed by atoms with Gasteiger partial charge in [-0.05, 0) is 106 Å². The molecule has 2 saturated heterocycles. The molecule has 2 fully saturated rings. The van der Waals surface area contributed by atoms with Crippen molar-refractivity contribution in [1.82, 2.24) is 9.80 Å². The number of anilines is 1. The van der Waals surface area contributed by atoms with Gasteiger partial charge in [0.05, 0.1) is 5.75 Å². The Kier molecular flexibility index (Phi) is 11.5. The maximum absolute atomic E-state index is 13.7. The van der Waals surface area contributed by atoms with Crippen LogP contribution in [-0.2, 0) is 20.8 Å². The summed E-state index contributed by atoms with van der Waals surface area (Å²) >= 11 is 7.93. The van der Waals surface area contributed by atoms with Gasteiger partial charge in [0.1, 0.15) is 0 Å². The van der Waals surface area contributed by atoms with Crippen molar-refractivity contribution in [3.63, 3.8) is 0 Å². The Morgan fingerprint density at radius 2 is 1.68 bits per heavy atom. The third-order valence-electron chi connectivity index (χ3n) is 8.41. The van der Waals surface area contributed by atoms with Gasteiger partial charge in [-0.25, -0.2) is 0 Å². The molecule has 2 N–H and O–H groups in total. The molecular weight excluding hydrogens is 556 g/mol. The Hall–Kier alpha value is -2.55. The first kappa shape index (κ1) is 31.4. The second kappa shape index (κ2) is 15.1. The summed E-state index contributed by atoms with van der Waals surface area (Å²) in [5, 5.41) is 0.674. The van der Waals surface area contributed by atoms with Gasteiger partial charge in [-0.1, -0.05) is 29.8 Å². The molecule has 0 saturated carbocycles. The highest BCUT2D eigenvalue weighted by Crippen LogP contribution is 2.28. The Balaban J connectivity index is 1.26. The van der Waals surface area contributed by atoms with Gasteiger partial charge in [-0.3, -0.25) is 14.4 Å². The van der Waals surface area contributed by atoms with Crippen molar-refractivity contribution in [3.8, 4) is 0 Å². The van der Waals surface area contributed by atoms with E-state index in [2.05, 4.69) is 29.2 Å². The molecule has 2 aliphatic rings. The Morgan fingerprint density at radius 1 is 1.00 bits per heavy atom. The number of thioether (sulfide) groups is 1. The summed E-state index contributed by atoms with van der Waals surface area (Å²) in [5.74, 6) is 0.835. The topological polar surface area (TPSA) is 87.0 Å². The van der Waals surface area contributed by atoms with Crippen LogP contribution in [0, 0.1) is 18.8 Å². The minimum absolute atomic E-state index is 0.0720. The minimum atomic E-state index is -0.295. The Labute approximate surface area is 253 Å². The van der Waals surface area contributed by atoms with Crippen LogP contribution in [0.3, 0.4) is 0 Å². The second-order valence-electron chi connectivity index (χ2n) is 11.4. The standard InChI is InChI=1S/C32H43ClN4O3S/c1-23-4-7-28(21-30(23)33)37(32(40)27-12-18-36(19-13-27)24(2)38)15-3-14-35-16-10-26(11-17-35)20-25-5-8-29(9-6-25)41-22-31(34)39/h4-9,21,26-27H,3,10-20,22H2,1-2H3,(H2,34,39). The minimum Gasteiger partial charge on any atom is -0.369 e. The number of primary amides is 1. The van der Waals surface area contributed by atoms with E-state index in [4.69, 9.17) is 17.3 Å². The lowest BCUT2D eigenvalue weighted by Gasteiger charge is -2.35. The number of halogens is 1. The van der Waals surface area contributed by atoms with Crippen LogP contribution in [0.15, 0.2) is 47.4 Å². The van der Waals surface area contributed by atoms with Crippen LogP contribution in [0.5, 0.6) is 0 Å². The highest BCUT2D eigenvalue weighted by Gasteiger charge is 2.30. The van der Waals surface area contributed by atoms with Gasteiger partial charge < -0.3 is 20.4 Å². The van der Waals surface area contributed by atoms with E-state index in [-0.39, 0.29) is 23.6 Å². The van der Waals surface area contributed by atoms with Crippen LogP contribution in [-0.4, -0.2) is 72.5 Å². The van der Waals surface area contributed by atoms with E-state index in [9.17, 15) is 14.4 Å². The number of likely N-dealkylation sites (tertiary alicyclic amines) is 2. The molecule has 0 unspecified atom stereocenters.